The van der Waals surface area contributed by atoms with Crippen molar-refractivity contribution in [2.75, 3.05) is 18.4 Å². The third-order valence-electron chi connectivity index (χ3n) is 5.30. The van der Waals surface area contributed by atoms with E-state index in [0.717, 1.165) is 17.5 Å². The quantitative estimate of drug-likeness (QED) is 0.447. The highest BCUT2D eigenvalue weighted by Gasteiger charge is 2.28. The second-order valence-corrected chi connectivity index (χ2v) is 10.7. The molecule has 1 saturated heterocycles. The van der Waals surface area contributed by atoms with Crippen LogP contribution >= 0.6 is 11.3 Å². The number of nitrogens with one attached hydrogen (secondary N) is 1. The molecule has 10 heteroatoms. The van der Waals surface area contributed by atoms with Gasteiger partial charge in [-0.1, -0.05) is 6.92 Å². The van der Waals surface area contributed by atoms with Crippen molar-refractivity contribution in [1.82, 2.24) is 4.31 Å². The largest absolute Gasteiger partial charge is 0.321 e. The number of benzene rings is 2. The molecule has 2 heterocycles. The number of non-ortho nitro benzene ring substituents is 1. The van der Waals surface area contributed by atoms with Gasteiger partial charge in [-0.05, 0) is 55.2 Å². The van der Waals surface area contributed by atoms with E-state index in [1.807, 2.05) is 6.92 Å². The first-order valence-electron chi connectivity index (χ1n) is 9.83. The summed E-state index contributed by atoms with van der Waals surface area (Å²) in [5.74, 6) is -0.0193. The maximum absolute atomic E-state index is 12.9. The minimum absolute atomic E-state index is 0.0304. The zero-order valence-corrected chi connectivity index (χ0v) is 18.4. The molecule has 1 unspecified atom stereocenters. The molecule has 1 aliphatic rings. The molecule has 1 aromatic heterocycles. The molecule has 0 spiro atoms. The topological polar surface area (TPSA) is 110 Å². The summed E-state index contributed by atoms with van der Waals surface area (Å²) >= 11 is 1.23. The van der Waals surface area contributed by atoms with Gasteiger partial charge in [0.25, 0.3) is 11.6 Å². The third-order valence-corrected chi connectivity index (χ3v) is 8.30. The van der Waals surface area contributed by atoms with Crippen LogP contribution in [0.5, 0.6) is 0 Å². The fourth-order valence-electron chi connectivity index (χ4n) is 3.67. The number of fused-ring (bicyclic) bond motifs is 1. The van der Waals surface area contributed by atoms with Crippen molar-refractivity contribution in [3.8, 4) is 0 Å². The maximum atomic E-state index is 12.9. The summed E-state index contributed by atoms with van der Waals surface area (Å²) in [4.78, 5) is 23.7. The van der Waals surface area contributed by atoms with Gasteiger partial charge in [0.05, 0.1) is 14.7 Å². The monoisotopic (exact) mass is 459 g/mol. The molecule has 1 amide bonds. The lowest BCUT2D eigenvalue weighted by atomic mass is 10.0. The van der Waals surface area contributed by atoms with Gasteiger partial charge >= 0.3 is 0 Å². The number of carbonyl (C=O) groups is 1. The molecule has 1 aliphatic heterocycles. The van der Waals surface area contributed by atoms with Gasteiger partial charge in [-0.15, -0.1) is 11.3 Å². The zero-order valence-electron chi connectivity index (χ0n) is 16.8. The van der Waals surface area contributed by atoms with Crippen molar-refractivity contribution in [2.24, 2.45) is 5.92 Å². The van der Waals surface area contributed by atoms with Gasteiger partial charge in [0.15, 0.2) is 0 Å². The molecule has 0 aliphatic carbocycles. The predicted octanol–water partition coefficient (Wildman–Crippen LogP) is 4.48. The third kappa shape index (κ3) is 4.46. The van der Waals surface area contributed by atoms with Crippen molar-refractivity contribution in [2.45, 2.75) is 24.7 Å². The zero-order chi connectivity index (χ0) is 22.2. The summed E-state index contributed by atoms with van der Waals surface area (Å²) in [6, 6.07) is 12.2. The number of nitro groups is 1. The lowest BCUT2D eigenvalue weighted by molar-refractivity contribution is -0.384. The standard InChI is InChI=1S/C21H21N3O5S2/c1-14-3-2-10-23(13-14)31(28,29)18-7-4-16(5-8-18)22-21(25)20-12-15-11-17(24(26)27)6-9-19(15)30-20/h4-9,11-12,14H,2-3,10,13H2,1H3,(H,22,25). The van der Waals surface area contributed by atoms with Gasteiger partial charge < -0.3 is 5.32 Å². The number of nitrogens with zero attached hydrogens (tertiary/aromatic N) is 2. The van der Waals surface area contributed by atoms with Crippen LogP contribution in [0.15, 0.2) is 53.4 Å². The maximum Gasteiger partial charge on any atom is 0.270 e. The first kappa shape index (κ1) is 21.4. The van der Waals surface area contributed by atoms with E-state index < -0.39 is 14.9 Å². The Labute approximate surface area is 183 Å². The molecule has 1 N–H and O–H groups in total. The second kappa shape index (κ2) is 8.37. The Bertz CT molecular complexity index is 1250. The van der Waals surface area contributed by atoms with E-state index in [4.69, 9.17) is 0 Å². The van der Waals surface area contributed by atoms with Crippen LogP contribution in [-0.2, 0) is 10.0 Å². The summed E-state index contributed by atoms with van der Waals surface area (Å²) in [6.45, 7) is 3.09. The molecule has 2 aromatic carbocycles. The summed E-state index contributed by atoms with van der Waals surface area (Å²) in [5, 5.41) is 14.3. The van der Waals surface area contributed by atoms with Gasteiger partial charge in [0.2, 0.25) is 10.0 Å². The highest BCUT2D eigenvalue weighted by Crippen LogP contribution is 2.30. The molecule has 0 bridgehead atoms. The van der Waals surface area contributed by atoms with Crippen molar-refractivity contribution in [1.29, 1.82) is 0 Å². The van der Waals surface area contributed by atoms with Crippen LogP contribution in [0.1, 0.15) is 29.4 Å². The van der Waals surface area contributed by atoms with E-state index >= 15 is 0 Å². The first-order chi connectivity index (χ1) is 14.7. The number of amides is 1. The molecule has 3 aromatic rings. The predicted molar refractivity (Wildman–Crippen MR) is 120 cm³/mol. The SMILES string of the molecule is CC1CCCN(S(=O)(=O)c2ccc(NC(=O)c3cc4cc([N+](=O)[O-])ccc4s3)cc2)C1. The van der Waals surface area contributed by atoms with Gasteiger partial charge in [-0.25, -0.2) is 8.42 Å². The number of hydrogen-bond acceptors (Lipinski definition) is 6. The van der Waals surface area contributed by atoms with Gasteiger partial charge in [-0.3, -0.25) is 14.9 Å². The number of sulfonamides is 1. The van der Waals surface area contributed by atoms with E-state index in [2.05, 4.69) is 5.32 Å². The lowest BCUT2D eigenvalue weighted by Gasteiger charge is -2.30. The Morgan fingerprint density at radius 3 is 2.61 bits per heavy atom. The minimum Gasteiger partial charge on any atom is -0.321 e. The van der Waals surface area contributed by atoms with Crippen molar-refractivity contribution in [3.05, 3.63) is 63.5 Å². The normalized spacial score (nSPS) is 17.5. The fraction of sp³-hybridized carbons (Fsp3) is 0.286. The Kier molecular flexibility index (Phi) is 5.78. The summed E-state index contributed by atoms with van der Waals surface area (Å²) < 4.78 is 28.0. The average molecular weight is 460 g/mol. The Hall–Kier alpha value is -2.82. The Balaban J connectivity index is 1.49. The second-order valence-electron chi connectivity index (χ2n) is 7.68. The van der Waals surface area contributed by atoms with Crippen molar-refractivity contribution in [3.63, 3.8) is 0 Å². The van der Waals surface area contributed by atoms with E-state index in [9.17, 15) is 23.3 Å². The van der Waals surface area contributed by atoms with Gasteiger partial charge in [-0.2, -0.15) is 4.31 Å². The average Bonchev–Trinajstić information content (AvgIpc) is 3.18. The molecule has 31 heavy (non-hydrogen) atoms. The smallest absolute Gasteiger partial charge is 0.270 e. The molecule has 0 radical (unpaired) electrons. The van der Waals surface area contributed by atoms with E-state index in [-0.39, 0.29) is 16.5 Å². The molecule has 162 valence electrons. The van der Waals surface area contributed by atoms with E-state index in [1.165, 1.54) is 39.9 Å². The summed E-state index contributed by atoms with van der Waals surface area (Å²) in [5.41, 5.74) is 0.441. The highest BCUT2D eigenvalue weighted by molar-refractivity contribution is 7.89. The van der Waals surface area contributed by atoms with Crippen LogP contribution in [0.2, 0.25) is 0 Å². The van der Waals surface area contributed by atoms with Crippen LogP contribution in [0.4, 0.5) is 11.4 Å². The molecule has 4 rings (SSSR count). The van der Waals surface area contributed by atoms with Crippen molar-refractivity contribution < 1.29 is 18.1 Å². The van der Waals surface area contributed by atoms with Gasteiger partial charge in [0.1, 0.15) is 0 Å². The minimum atomic E-state index is -3.55. The molecule has 8 nitrogen and oxygen atoms in total. The fourth-order valence-corrected chi connectivity index (χ4v) is 6.21. The van der Waals surface area contributed by atoms with Crippen LogP contribution < -0.4 is 5.32 Å². The number of nitro benzene ring substituents is 1. The number of rotatable bonds is 5. The molecule has 1 fully saturated rings. The summed E-state index contributed by atoms with van der Waals surface area (Å²) in [7, 11) is -3.55. The molecular weight excluding hydrogens is 438 g/mol. The van der Waals surface area contributed by atoms with Crippen LogP contribution in [-0.4, -0.2) is 36.6 Å². The van der Waals surface area contributed by atoms with Crippen LogP contribution in [0.25, 0.3) is 10.1 Å². The Morgan fingerprint density at radius 1 is 1.19 bits per heavy atom. The number of thiophene rings is 1. The highest BCUT2D eigenvalue weighted by atomic mass is 32.2. The number of anilines is 1. The first-order valence-corrected chi connectivity index (χ1v) is 12.1. The molecular formula is C21H21N3O5S2. The lowest BCUT2D eigenvalue weighted by Crippen LogP contribution is -2.39. The Morgan fingerprint density at radius 2 is 1.94 bits per heavy atom. The van der Waals surface area contributed by atoms with Gasteiger partial charge in [0, 0.05) is 41.0 Å². The van der Waals surface area contributed by atoms with Crippen LogP contribution in [0, 0.1) is 16.0 Å². The molecule has 1 atom stereocenters. The van der Waals surface area contributed by atoms with E-state index in [1.54, 1.807) is 24.3 Å². The van der Waals surface area contributed by atoms with Crippen molar-refractivity contribution >= 4 is 48.7 Å². The van der Waals surface area contributed by atoms with Crippen LogP contribution in [0.3, 0.4) is 0 Å². The number of hydrogen-bond donors (Lipinski definition) is 1. The molecule has 0 saturated carbocycles. The van der Waals surface area contributed by atoms with E-state index in [0.29, 0.717) is 35.0 Å². The number of piperidine rings is 1. The number of carbonyl (C=O) groups excluding carboxylic acids is 1. The summed E-state index contributed by atoms with van der Waals surface area (Å²) in [6.07, 6.45) is 1.88.